The molecule has 1 aromatic carbocycles. The lowest BCUT2D eigenvalue weighted by atomic mass is 10.1. The van der Waals surface area contributed by atoms with Crippen LogP contribution >= 0.6 is 0 Å². The highest BCUT2D eigenvalue weighted by Crippen LogP contribution is 2.19. The third kappa shape index (κ3) is 5.75. The van der Waals surface area contributed by atoms with Crippen LogP contribution in [0.4, 0.5) is 0 Å². The summed E-state index contributed by atoms with van der Waals surface area (Å²) in [7, 11) is 1.71. The Bertz CT molecular complexity index is 710. The van der Waals surface area contributed by atoms with Gasteiger partial charge < -0.3 is 19.9 Å². The number of nitrogens with zero attached hydrogens (tertiary/aromatic N) is 4. The van der Waals surface area contributed by atoms with Gasteiger partial charge in [0.25, 0.3) is 0 Å². The van der Waals surface area contributed by atoms with Gasteiger partial charge in [-0.2, -0.15) is 0 Å². The molecule has 0 aliphatic rings. The first kappa shape index (κ1) is 19.8. The summed E-state index contributed by atoms with van der Waals surface area (Å²) in [5.74, 6) is 2.76. The Hall–Kier alpha value is -2.57. The molecule has 0 saturated carbocycles. The monoisotopic (exact) mass is 358 g/mol. The molecule has 0 aliphatic heterocycles. The summed E-state index contributed by atoms with van der Waals surface area (Å²) in [6.45, 7) is 9.33. The fourth-order valence-electron chi connectivity index (χ4n) is 2.69. The number of rotatable bonds is 9. The van der Waals surface area contributed by atoms with Gasteiger partial charge in [-0.1, -0.05) is 19.1 Å². The molecule has 0 radical (unpaired) electrons. The van der Waals surface area contributed by atoms with Crippen LogP contribution in [0, 0.1) is 6.92 Å². The normalized spacial score (nSPS) is 11.5. The van der Waals surface area contributed by atoms with E-state index < -0.39 is 0 Å². The van der Waals surface area contributed by atoms with Gasteiger partial charge in [-0.3, -0.25) is 4.99 Å². The van der Waals surface area contributed by atoms with Gasteiger partial charge in [0.05, 0.1) is 7.11 Å². The van der Waals surface area contributed by atoms with Gasteiger partial charge in [-0.25, -0.2) is 0 Å². The lowest BCUT2D eigenvalue weighted by Gasteiger charge is -2.12. The zero-order valence-corrected chi connectivity index (χ0v) is 16.2. The zero-order chi connectivity index (χ0) is 18.8. The van der Waals surface area contributed by atoms with Gasteiger partial charge in [0.15, 0.2) is 5.96 Å². The van der Waals surface area contributed by atoms with E-state index in [1.54, 1.807) is 13.4 Å². The van der Waals surface area contributed by atoms with Crippen molar-refractivity contribution in [2.75, 3.05) is 26.7 Å². The predicted octanol–water partition coefficient (Wildman–Crippen LogP) is 1.96. The smallest absolute Gasteiger partial charge is 0.191 e. The van der Waals surface area contributed by atoms with Gasteiger partial charge >= 0.3 is 0 Å². The fraction of sp³-hybridized carbons (Fsp3) is 0.526. The largest absolute Gasteiger partial charge is 0.496 e. The van der Waals surface area contributed by atoms with Crippen LogP contribution in [-0.4, -0.2) is 47.5 Å². The average Bonchev–Trinajstić information content (AvgIpc) is 3.10. The molecule has 0 atom stereocenters. The second-order valence-electron chi connectivity index (χ2n) is 6.04. The molecule has 26 heavy (non-hydrogen) atoms. The van der Waals surface area contributed by atoms with Crippen LogP contribution < -0.4 is 15.4 Å². The molecule has 2 aromatic rings. The van der Waals surface area contributed by atoms with E-state index in [4.69, 9.17) is 4.74 Å². The molecule has 0 spiro atoms. The molecule has 0 aliphatic carbocycles. The number of guanidine groups is 1. The van der Waals surface area contributed by atoms with Crippen molar-refractivity contribution in [2.24, 2.45) is 4.99 Å². The van der Waals surface area contributed by atoms with Gasteiger partial charge in [0.1, 0.15) is 17.9 Å². The first-order valence-electron chi connectivity index (χ1n) is 9.20. The standard InChI is InChI=1S/C19H30N6O/c1-5-18-24-23-14-25(18)12-11-22-19(20-6-2)21-10-9-16-8-7-15(3)17(13-16)26-4/h7-8,13-14H,5-6,9-12H2,1-4H3,(H2,20,21,22). The third-order valence-corrected chi connectivity index (χ3v) is 4.14. The minimum absolute atomic E-state index is 0.717. The summed E-state index contributed by atoms with van der Waals surface area (Å²) < 4.78 is 7.45. The predicted molar refractivity (Wildman–Crippen MR) is 105 cm³/mol. The van der Waals surface area contributed by atoms with Crippen LogP contribution in [0.2, 0.25) is 0 Å². The summed E-state index contributed by atoms with van der Waals surface area (Å²) in [5.41, 5.74) is 2.37. The van der Waals surface area contributed by atoms with Crippen molar-refractivity contribution in [3.05, 3.63) is 41.5 Å². The molecule has 0 bridgehead atoms. The van der Waals surface area contributed by atoms with Crippen molar-refractivity contribution in [2.45, 2.75) is 40.2 Å². The summed E-state index contributed by atoms with van der Waals surface area (Å²) in [5, 5.41) is 14.7. The van der Waals surface area contributed by atoms with E-state index in [0.29, 0.717) is 6.54 Å². The van der Waals surface area contributed by atoms with E-state index >= 15 is 0 Å². The van der Waals surface area contributed by atoms with Gasteiger partial charge in [-0.15, -0.1) is 10.2 Å². The van der Waals surface area contributed by atoms with Crippen LogP contribution in [-0.2, 0) is 19.4 Å². The average molecular weight is 358 g/mol. The molecule has 0 amide bonds. The second kappa shape index (κ2) is 10.4. The molecular weight excluding hydrogens is 328 g/mol. The Kier molecular flexibility index (Phi) is 7.92. The van der Waals surface area contributed by atoms with Crippen molar-refractivity contribution in [1.29, 1.82) is 0 Å². The van der Waals surface area contributed by atoms with E-state index in [0.717, 1.165) is 55.6 Å². The number of nitrogens with one attached hydrogen (secondary N) is 2. The molecule has 7 nitrogen and oxygen atoms in total. The molecular formula is C19H30N6O. The molecule has 142 valence electrons. The zero-order valence-electron chi connectivity index (χ0n) is 16.2. The number of hydrogen-bond acceptors (Lipinski definition) is 4. The quantitative estimate of drug-likeness (QED) is 0.529. The molecule has 0 saturated heterocycles. The number of methoxy groups -OCH3 is 1. The SMILES string of the molecule is CCNC(=NCCc1ccc(C)c(OC)c1)NCCn1cnnc1CC. The minimum atomic E-state index is 0.717. The second-order valence-corrected chi connectivity index (χ2v) is 6.04. The third-order valence-electron chi connectivity index (χ3n) is 4.14. The van der Waals surface area contributed by atoms with Gasteiger partial charge in [0.2, 0.25) is 0 Å². The van der Waals surface area contributed by atoms with Crippen molar-refractivity contribution in [1.82, 2.24) is 25.4 Å². The maximum atomic E-state index is 5.39. The van der Waals surface area contributed by atoms with Crippen molar-refractivity contribution in [3.63, 3.8) is 0 Å². The number of aliphatic imine (C=N–C) groups is 1. The lowest BCUT2D eigenvalue weighted by molar-refractivity contribution is 0.411. The van der Waals surface area contributed by atoms with Crippen LogP contribution in [0.3, 0.4) is 0 Å². The maximum absolute atomic E-state index is 5.39. The van der Waals surface area contributed by atoms with E-state index in [1.807, 2.05) is 6.92 Å². The van der Waals surface area contributed by atoms with Crippen molar-refractivity contribution in [3.8, 4) is 5.75 Å². The highest BCUT2D eigenvalue weighted by molar-refractivity contribution is 5.79. The summed E-state index contributed by atoms with van der Waals surface area (Å²) in [6, 6.07) is 6.31. The Morgan fingerprint density at radius 1 is 1.27 bits per heavy atom. The number of aryl methyl sites for hydroxylation is 2. The molecule has 0 unspecified atom stereocenters. The van der Waals surface area contributed by atoms with Crippen LogP contribution in [0.15, 0.2) is 29.5 Å². The molecule has 7 heteroatoms. The fourth-order valence-corrected chi connectivity index (χ4v) is 2.69. The van der Waals surface area contributed by atoms with E-state index in [1.165, 1.54) is 5.56 Å². The molecule has 2 rings (SSSR count). The summed E-state index contributed by atoms with van der Waals surface area (Å²) in [6.07, 6.45) is 3.53. The Morgan fingerprint density at radius 2 is 2.12 bits per heavy atom. The molecule has 1 aromatic heterocycles. The molecule has 1 heterocycles. The van der Waals surface area contributed by atoms with Crippen LogP contribution in [0.1, 0.15) is 30.8 Å². The number of ether oxygens (including phenoxy) is 1. The Labute approximate surface area is 155 Å². The van der Waals surface area contributed by atoms with Crippen LogP contribution in [0.25, 0.3) is 0 Å². The maximum Gasteiger partial charge on any atom is 0.191 e. The first-order chi connectivity index (χ1) is 12.7. The topological polar surface area (TPSA) is 76.4 Å². The van der Waals surface area contributed by atoms with Crippen molar-refractivity contribution >= 4 is 5.96 Å². The van der Waals surface area contributed by atoms with E-state index in [-0.39, 0.29) is 0 Å². The molecule has 2 N–H and O–H groups in total. The van der Waals surface area contributed by atoms with Crippen molar-refractivity contribution < 1.29 is 4.74 Å². The van der Waals surface area contributed by atoms with E-state index in [9.17, 15) is 0 Å². The van der Waals surface area contributed by atoms with Gasteiger partial charge in [-0.05, 0) is 37.5 Å². The minimum Gasteiger partial charge on any atom is -0.496 e. The highest BCUT2D eigenvalue weighted by Gasteiger charge is 2.03. The lowest BCUT2D eigenvalue weighted by Crippen LogP contribution is -2.39. The Morgan fingerprint density at radius 3 is 2.85 bits per heavy atom. The van der Waals surface area contributed by atoms with Gasteiger partial charge in [0, 0.05) is 32.6 Å². The van der Waals surface area contributed by atoms with Crippen LogP contribution in [0.5, 0.6) is 5.75 Å². The summed E-state index contributed by atoms with van der Waals surface area (Å²) >= 11 is 0. The number of aromatic nitrogens is 3. The number of benzene rings is 1. The Balaban J connectivity index is 1.85. The van der Waals surface area contributed by atoms with E-state index in [2.05, 4.69) is 62.4 Å². The summed E-state index contributed by atoms with van der Waals surface area (Å²) in [4.78, 5) is 4.66. The number of hydrogen-bond donors (Lipinski definition) is 2. The first-order valence-corrected chi connectivity index (χ1v) is 9.20. The highest BCUT2D eigenvalue weighted by atomic mass is 16.5. The molecule has 0 fully saturated rings.